The minimum Gasteiger partial charge on any atom is -0.469 e. The zero-order valence-corrected chi connectivity index (χ0v) is 14.2. The Balaban J connectivity index is 2.34. The van der Waals surface area contributed by atoms with Gasteiger partial charge in [-0.2, -0.15) is 13.2 Å². The Hall–Kier alpha value is -1.08. The van der Waals surface area contributed by atoms with Gasteiger partial charge in [0.05, 0.1) is 19.1 Å². The van der Waals surface area contributed by atoms with Crippen molar-refractivity contribution in [2.45, 2.75) is 57.7 Å². The zero-order valence-electron chi connectivity index (χ0n) is 13.4. The summed E-state index contributed by atoms with van der Waals surface area (Å²) in [6.45, 7) is 1.16. The molecule has 0 aromatic carbocycles. The Bertz CT molecular complexity index is 485. The number of alkyl halides is 3. The van der Waals surface area contributed by atoms with E-state index in [-0.39, 0.29) is 12.4 Å². The summed E-state index contributed by atoms with van der Waals surface area (Å²) in [5.74, 6) is -1.59. The van der Waals surface area contributed by atoms with Crippen molar-refractivity contribution in [1.29, 1.82) is 0 Å². The molecule has 0 saturated heterocycles. The SMILES string of the molecule is COC(=O)CCCc1ccc(C(O)CCCC(C)C(F)(F)F)s1. The predicted molar refractivity (Wildman–Crippen MR) is 83.3 cm³/mol. The van der Waals surface area contributed by atoms with E-state index in [0.29, 0.717) is 25.7 Å². The molecule has 1 aromatic rings. The van der Waals surface area contributed by atoms with E-state index in [2.05, 4.69) is 4.74 Å². The first kappa shape index (κ1) is 20.0. The fourth-order valence-corrected chi connectivity index (χ4v) is 3.22. The van der Waals surface area contributed by atoms with Crippen LogP contribution in [0.15, 0.2) is 12.1 Å². The van der Waals surface area contributed by atoms with Crippen molar-refractivity contribution in [1.82, 2.24) is 0 Å². The number of carbonyl (C=O) groups is 1. The van der Waals surface area contributed by atoms with Crippen LogP contribution in [0, 0.1) is 5.92 Å². The van der Waals surface area contributed by atoms with E-state index in [4.69, 9.17) is 0 Å². The second-order valence-corrected chi connectivity index (χ2v) is 6.82. The summed E-state index contributed by atoms with van der Waals surface area (Å²) in [4.78, 5) is 12.8. The molecule has 0 aliphatic carbocycles. The number of rotatable bonds is 9. The molecule has 0 saturated carbocycles. The Morgan fingerprint density at radius 1 is 1.30 bits per heavy atom. The average Bonchev–Trinajstić information content (AvgIpc) is 2.94. The van der Waals surface area contributed by atoms with E-state index >= 15 is 0 Å². The summed E-state index contributed by atoms with van der Waals surface area (Å²) in [5.41, 5.74) is 0. The highest BCUT2D eigenvalue weighted by Crippen LogP contribution is 2.32. The van der Waals surface area contributed by atoms with E-state index in [9.17, 15) is 23.1 Å². The van der Waals surface area contributed by atoms with Gasteiger partial charge in [0.25, 0.3) is 0 Å². The van der Waals surface area contributed by atoms with Gasteiger partial charge in [-0.1, -0.05) is 6.92 Å². The van der Waals surface area contributed by atoms with Crippen LogP contribution in [0.25, 0.3) is 0 Å². The molecule has 3 nitrogen and oxygen atoms in total. The maximum atomic E-state index is 12.4. The van der Waals surface area contributed by atoms with Crippen LogP contribution >= 0.6 is 11.3 Å². The monoisotopic (exact) mass is 352 g/mol. The number of halogens is 3. The van der Waals surface area contributed by atoms with Gasteiger partial charge in [-0.05, 0) is 44.2 Å². The standard InChI is InChI=1S/C16H23F3O3S/c1-11(16(17,18)19)5-3-7-13(20)14-10-9-12(23-14)6-4-8-15(21)22-2/h9-11,13,20H,3-8H2,1-2H3. The maximum Gasteiger partial charge on any atom is 0.391 e. The number of thiophene rings is 1. The molecule has 1 N–H and O–H groups in total. The van der Waals surface area contributed by atoms with Crippen molar-refractivity contribution < 1.29 is 27.8 Å². The molecule has 0 spiro atoms. The Morgan fingerprint density at radius 3 is 2.61 bits per heavy atom. The first-order chi connectivity index (χ1) is 10.7. The van der Waals surface area contributed by atoms with Gasteiger partial charge in [-0.15, -0.1) is 11.3 Å². The average molecular weight is 352 g/mol. The third kappa shape index (κ3) is 7.35. The maximum absolute atomic E-state index is 12.4. The number of aliphatic hydroxyl groups excluding tert-OH is 1. The summed E-state index contributed by atoms with van der Waals surface area (Å²) in [6, 6.07) is 3.69. The van der Waals surface area contributed by atoms with Crippen LogP contribution in [-0.4, -0.2) is 24.4 Å². The van der Waals surface area contributed by atoms with Crippen LogP contribution in [0.2, 0.25) is 0 Å². The van der Waals surface area contributed by atoms with Crippen LogP contribution in [0.1, 0.15) is 54.9 Å². The zero-order chi connectivity index (χ0) is 17.5. The lowest BCUT2D eigenvalue weighted by molar-refractivity contribution is -0.171. The quantitative estimate of drug-likeness (QED) is 0.658. The number of hydrogen-bond donors (Lipinski definition) is 1. The summed E-state index contributed by atoms with van der Waals surface area (Å²) in [7, 11) is 1.35. The molecular formula is C16H23F3O3S. The topological polar surface area (TPSA) is 46.5 Å². The number of methoxy groups -OCH3 is 1. The first-order valence-corrected chi connectivity index (χ1v) is 8.46. The Labute approximate surface area is 138 Å². The Morgan fingerprint density at radius 2 is 2.00 bits per heavy atom. The van der Waals surface area contributed by atoms with E-state index in [0.717, 1.165) is 23.1 Å². The van der Waals surface area contributed by atoms with Gasteiger partial charge < -0.3 is 9.84 Å². The highest BCUT2D eigenvalue weighted by Gasteiger charge is 2.35. The van der Waals surface area contributed by atoms with Crippen LogP contribution in [0.5, 0.6) is 0 Å². The number of hydrogen-bond acceptors (Lipinski definition) is 4. The molecule has 1 rings (SSSR count). The van der Waals surface area contributed by atoms with Crippen molar-refractivity contribution >= 4 is 17.3 Å². The van der Waals surface area contributed by atoms with Gasteiger partial charge in [0, 0.05) is 16.2 Å². The van der Waals surface area contributed by atoms with Crippen molar-refractivity contribution in [3.63, 3.8) is 0 Å². The molecule has 0 aliphatic heterocycles. The number of aliphatic hydroxyl groups is 1. The van der Waals surface area contributed by atoms with E-state index < -0.39 is 18.2 Å². The lowest BCUT2D eigenvalue weighted by Gasteiger charge is -2.16. The van der Waals surface area contributed by atoms with Gasteiger partial charge in [-0.25, -0.2) is 0 Å². The second-order valence-electron chi connectivity index (χ2n) is 5.62. The lowest BCUT2D eigenvalue weighted by Crippen LogP contribution is -2.19. The molecular weight excluding hydrogens is 329 g/mol. The van der Waals surface area contributed by atoms with Crippen molar-refractivity contribution in [2.75, 3.05) is 7.11 Å². The largest absolute Gasteiger partial charge is 0.469 e. The molecule has 7 heteroatoms. The van der Waals surface area contributed by atoms with Gasteiger partial charge in [0.1, 0.15) is 0 Å². The normalized spacial score (nSPS) is 14.5. The smallest absolute Gasteiger partial charge is 0.391 e. The number of carbonyl (C=O) groups excluding carboxylic acids is 1. The van der Waals surface area contributed by atoms with Gasteiger partial charge >= 0.3 is 12.1 Å². The summed E-state index contributed by atoms with van der Waals surface area (Å²) >= 11 is 1.44. The third-order valence-electron chi connectivity index (χ3n) is 3.72. The predicted octanol–water partition coefficient (Wildman–Crippen LogP) is 4.65. The number of esters is 1. The third-order valence-corrected chi connectivity index (χ3v) is 4.96. The highest BCUT2D eigenvalue weighted by molar-refractivity contribution is 7.12. The molecule has 0 amide bonds. The molecule has 0 aliphatic rings. The van der Waals surface area contributed by atoms with Crippen LogP contribution in [-0.2, 0) is 16.0 Å². The van der Waals surface area contributed by atoms with E-state index in [1.807, 2.05) is 6.07 Å². The van der Waals surface area contributed by atoms with Crippen molar-refractivity contribution in [2.24, 2.45) is 5.92 Å². The number of aryl methyl sites for hydroxylation is 1. The highest BCUT2D eigenvalue weighted by atomic mass is 32.1. The van der Waals surface area contributed by atoms with Gasteiger partial charge in [-0.3, -0.25) is 4.79 Å². The molecule has 0 fully saturated rings. The molecule has 23 heavy (non-hydrogen) atoms. The van der Waals surface area contributed by atoms with Gasteiger partial charge in [0.15, 0.2) is 0 Å². The molecule has 0 radical (unpaired) electrons. The lowest BCUT2D eigenvalue weighted by atomic mass is 10.0. The minimum absolute atomic E-state index is 0.0257. The molecule has 132 valence electrons. The number of ether oxygens (including phenoxy) is 1. The summed E-state index contributed by atoms with van der Waals surface area (Å²) < 4.78 is 41.8. The molecule has 0 bridgehead atoms. The van der Waals surface area contributed by atoms with Crippen LogP contribution in [0.3, 0.4) is 0 Å². The summed E-state index contributed by atoms with van der Waals surface area (Å²) in [5, 5.41) is 10.1. The Kier molecular flexibility index (Phi) is 8.05. The first-order valence-electron chi connectivity index (χ1n) is 7.64. The minimum atomic E-state index is -4.17. The fraction of sp³-hybridized carbons (Fsp3) is 0.688. The van der Waals surface area contributed by atoms with E-state index in [1.54, 1.807) is 6.07 Å². The van der Waals surface area contributed by atoms with Crippen LogP contribution in [0.4, 0.5) is 13.2 Å². The fourth-order valence-electron chi connectivity index (χ4n) is 2.14. The van der Waals surface area contributed by atoms with Gasteiger partial charge in [0.2, 0.25) is 0 Å². The molecule has 2 unspecified atom stereocenters. The molecule has 2 atom stereocenters. The molecule has 1 heterocycles. The molecule has 1 aromatic heterocycles. The van der Waals surface area contributed by atoms with Crippen LogP contribution < -0.4 is 0 Å². The van der Waals surface area contributed by atoms with Crippen molar-refractivity contribution in [3.05, 3.63) is 21.9 Å². The second kappa shape index (κ2) is 9.27. The van der Waals surface area contributed by atoms with Crippen molar-refractivity contribution in [3.8, 4) is 0 Å². The van der Waals surface area contributed by atoms with E-state index in [1.165, 1.54) is 18.4 Å². The summed E-state index contributed by atoms with van der Waals surface area (Å²) in [6.07, 6.45) is -2.47.